The molecule has 0 unspecified atom stereocenters. The summed E-state index contributed by atoms with van der Waals surface area (Å²) < 4.78 is 40.6. The summed E-state index contributed by atoms with van der Waals surface area (Å²) in [5.41, 5.74) is 1.60. The lowest BCUT2D eigenvalue weighted by molar-refractivity contribution is 0.168. The fourth-order valence-electron chi connectivity index (χ4n) is 3.92. The van der Waals surface area contributed by atoms with Gasteiger partial charge in [0.1, 0.15) is 28.6 Å². The predicted molar refractivity (Wildman–Crippen MR) is 113 cm³/mol. The summed E-state index contributed by atoms with van der Waals surface area (Å²) in [6.07, 6.45) is 3.02. The number of hydrogen-bond acceptors (Lipinski definition) is 6. The molecule has 160 valence electrons. The molecule has 8 nitrogen and oxygen atoms in total. The number of benzene rings is 1. The maximum atomic E-state index is 13.2. The first kappa shape index (κ1) is 21.0. The molecule has 1 aliphatic rings. The topological polar surface area (TPSA) is 86.6 Å². The molecule has 0 N–H and O–H groups in total. The molecule has 0 bridgehead atoms. The van der Waals surface area contributed by atoms with Gasteiger partial charge in [-0.05, 0) is 43.2 Å². The molecule has 4 rings (SSSR count). The third-order valence-corrected chi connectivity index (χ3v) is 7.48. The molecule has 0 amide bonds. The van der Waals surface area contributed by atoms with E-state index in [9.17, 15) is 8.42 Å². The van der Waals surface area contributed by atoms with E-state index in [0.717, 1.165) is 17.0 Å². The van der Waals surface area contributed by atoms with Crippen LogP contribution in [0.2, 0.25) is 5.02 Å². The van der Waals surface area contributed by atoms with Gasteiger partial charge in [-0.2, -0.15) is 4.31 Å². The van der Waals surface area contributed by atoms with Crippen LogP contribution in [-0.2, 0) is 21.4 Å². The molecule has 1 aromatic carbocycles. The smallest absolute Gasteiger partial charge is 0.246 e. The number of ether oxygens (including phenoxy) is 2. The molecule has 1 fully saturated rings. The number of sulfonamides is 1. The molecule has 0 spiro atoms. The highest BCUT2D eigenvalue weighted by Gasteiger charge is 2.33. The SMILES string of the molecule is COCc1nc2cccnc2n1C1CCN(S(=O)(=O)c2cc(Cl)ccc2OC)CC1. The Kier molecular flexibility index (Phi) is 5.97. The molecule has 1 saturated heterocycles. The summed E-state index contributed by atoms with van der Waals surface area (Å²) in [5.74, 6) is 1.08. The van der Waals surface area contributed by atoms with Gasteiger partial charge >= 0.3 is 0 Å². The van der Waals surface area contributed by atoms with Crippen molar-refractivity contribution >= 4 is 32.8 Å². The summed E-state index contributed by atoms with van der Waals surface area (Å²) in [4.78, 5) is 9.22. The van der Waals surface area contributed by atoms with Crippen molar-refractivity contribution in [3.8, 4) is 5.75 Å². The number of nitrogens with zero attached hydrogens (tertiary/aromatic N) is 4. The van der Waals surface area contributed by atoms with E-state index in [2.05, 4.69) is 14.5 Å². The van der Waals surface area contributed by atoms with Crippen molar-refractivity contribution in [1.82, 2.24) is 18.8 Å². The fraction of sp³-hybridized carbons (Fsp3) is 0.400. The number of pyridine rings is 1. The highest BCUT2D eigenvalue weighted by molar-refractivity contribution is 7.89. The molecule has 0 radical (unpaired) electrons. The molecule has 3 heterocycles. The van der Waals surface area contributed by atoms with Gasteiger partial charge in [0.05, 0.1) is 7.11 Å². The highest BCUT2D eigenvalue weighted by Crippen LogP contribution is 2.34. The van der Waals surface area contributed by atoms with Crippen LogP contribution >= 0.6 is 11.6 Å². The maximum Gasteiger partial charge on any atom is 0.246 e. The molecular weight excluding hydrogens is 428 g/mol. The minimum atomic E-state index is -3.72. The van der Waals surface area contributed by atoms with E-state index in [1.54, 1.807) is 25.4 Å². The van der Waals surface area contributed by atoms with Crippen molar-refractivity contribution in [3.05, 3.63) is 47.4 Å². The Balaban J connectivity index is 1.60. The van der Waals surface area contributed by atoms with E-state index in [1.807, 2.05) is 12.1 Å². The number of methoxy groups -OCH3 is 2. The molecule has 0 saturated carbocycles. The van der Waals surface area contributed by atoms with Gasteiger partial charge < -0.3 is 14.0 Å². The second-order valence-electron chi connectivity index (χ2n) is 7.11. The first-order chi connectivity index (χ1) is 14.5. The van der Waals surface area contributed by atoms with Gasteiger partial charge in [-0.25, -0.2) is 18.4 Å². The van der Waals surface area contributed by atoms with Crippen LogP contribution in [0.25, 0.3) is 11.2 Å². The Morgan fingerprint density at radius 2 is 1.97 bits per heavy atom. The predicted octanol–water partition coefficient (Wildman–Crippen LogP) is 3.27. The lowest BCUT2D eigenvalue weighted by Gasteiger charge is -2.33. The standard InChI is InChI=1S/C20H23ClN4O4S/c1-28-13-19-23-16-4-3-9-22-20(16)25(19)15-7-10-24(11-8-15)30(26,27)18-12-14(21)5-6-17(18)29-2/h3-6,9,12,15H,7-8,10-11,13H2,1-2H3. The molecule has 3 aromatic rings. The summed E-state index contributed by atoms with van der Waals surface area (Å²) in [6.45, 7) is 1.12. The summed E-state index contributed by atoms with van der Waals surface area (Å²) in [6, 6.07) is 8.48. The highest BCUT2D eigenvalue weighted by atomic mass is 35.5. The first-order valence-electron chi connectivity index (χ1n) is 9.60. The number of fused-ring (bicyclic) bond motifs is 1. The molecule has 0 aliphatic carbocycles. The van der Waals surface area contributed by atoms with Gasteiger partial charge in [-0.3, -0.25) is 0 Å². The third-order valence-electron chi connectivity index (χ3n) is 5.33. The van der Waals surface area contributed by atoms with E-state index >= 15 is 0 Å². The van der Waals surface area contributed by atoms with E-state index in [4.69, 9.17) is 21.1 Å². The lowest BCUT2D eigenvalue weighted by atomic mass is 10.1. The molecular formula is C20H23ClN4O4S. The van der Waals surface area contributed by atoms with Crippen molar-refractivity contribution < 1.29 is 17.9 Å². The van der Waals surface area contributed by atoms with Crippen LogP contribution in [0.1, 0.15) is 24.7 Å². The van der Waals surface area contributed by atoms with E-state index in [1.165, 1.54) is 17.5 Å². The van der Waals surface area contributed by atoms with Gasteiger partial charge in [0.2, 0.25) is 10.0 Å². The zero-order valence-corrected chi connectivity index (χ0v) is 18.4. The summed E-state index contributed by atoms with van der Waals surface area (Å²) in [7, 11) is -0.647. The number of hydrogen-bond donors (Lipinski definition) is 0. The zero-order chi connectivity index (χ0) is 21.3. The quantitative estimate of drug-likeness (QED) is 0.572. The first-order valence-corrected chi connectivity index (χ1v) is 11.4. The Bertz CT molecular complexity index is 1160. The number of rotatable bonds is 6. The third kappa shape index (κ3) is 3.78. The average Bonchev–Trinajstić information content (AvgIpc) is 3.12. The zero-order valence-electron chi connectivity index (χ0n) is 16.8. The average molecular weight is 451 g/mol. The second-order valence-corrected chi connectivity index (χ2v) is 9.45. The van der Waals surface area contributed by atoms with Gasteiger partial charge in [-0.15, -0.1) is 0 Å². The van der Waals surface area contributed by atoms with Crippen molar-refractivity contribution in [3.63, 3.8) is 0 Å². The van der Waals surface area contributed by atoms with Crippen molar-refractivity contribution in [2.24, 2.45) is 0 Å². The molecule has 1 aliphatic heterocycles. The number of imidazole rings is 1. The van der Waals surface area contributed by atoms with Crippen LogP contribution in [0.3, 0.4) is 0 Å². The Morgan fingerprint density at radius 3 is 2.67 bits per heavy atom. The Hall–Kier alpha value is -2.20. The maximum absolute atomic E-state index is 13.2. The van der Waals surface area contributed by atoms with Crippen LogP contribution in [-0.4, -0.2) is 54.6 Å². The normalized spacial score (nSPS) is 16.2. The van der Waals surface area contributed by atoms with Crippen molar-refractivity contribution in [2.45, 2.75) is 30.4 Å². The summed E-state index contributed by atoms with van der Waals surface area (Å²) in [5, 5.41) is 0.351. The van der Waals surface area contributed by atoms with Crippen LogP contribution in [0, 0.1) is 0 Å². The van der Waals surface area contributed by atoms with E-state index < -0.39 is 10.0 Å². The van der Waals surface area contributed by atoms with Crippen molar-refractivity contribution in [1.29, 1.82) is 0 Å². The minimum Gasteiger partial charge on any atom is -0.495 e. The van der Waals surface area contributed by atoms with Gasteiger partial charge in [-0.1, -0.05) is 11.6 Å². The monoisotopic (exact) mass is 450 g/mol. The van der Waals surface area contributed by atoms with Gasteiger partial charge in [0.25, 0.3) is 0 Å². The number of aromatic nitrogens is 3. The largest absolute Gasteiger partial charge is 0.495 e. The van der Waals surface area contributed by atoms with Gasteiger partial charge in [0.15, 0.2) is 5.65 Å². The number of halogens is 1. The van der Waals surface area contributed by atoms with Crippen molar-refractivity contribution in [2.75, 3.05) is 27.3 Å². The van der Waals surface area contributed by atoms with Gasteiger partial charge in [0, 0.05) is 37.5 Å². The van der Waals surface area contributed by atoms with Crippen LogP contribution in [0.4, 0.5) is 0 Å². The number of piperidine rings is 1. The van der Waals surface area contributed by atoms with Crippen LogP contribution in [0.5, 0.6) is 5.75 Å². The van der Waals surface area contributed by atoms with Crippen LogP contribution in [0.15, 0.2) is 41.4 Å². The lowest BCUT2D eigenvalue weighted by Crippen LogP contribution is -2.39. The Labute approximate surface area is 180 Å². The second kappa shape index (κ2) is 8.50. The molecule has 0 atom stereocenters. The summed E-state index contributed by atoms with van der Waals surface area (Å²) >= 11 is 6.04. The van der Waals surface area contributed by atoms with E-state index in [0.29, 0.717) is 37.6 Å². The molecule has 10 heteroatoms. The molecule has 30 heavy (non-hydrogen) atoms. The molecule has 2 aromatic heterocycles. The fourth-order valence-corrected chi connectivity index (χ4v) is 5.81. The van der Waals surface area contributed by atoms with Crippen LogP contribution < -0.4 is 4.74 Å². The van der Waals surface area contributed by atoms with E-state index in [-0.39, 0.29) is 16.7 Å². The Morgan fingerprint density at radius 1 is 1.20 bits per heavy atom. The minimum absolute atomic E-state index is 0.0859.